The molecular formula is C13H20N2O4S. The third kappa shape index (κ3) is 6.01. The SMILES string of the molecule is Cc1csc(=O)n1CCCC(=O)NCCCCC(=O)O. The van der Waals surface area contributed by atoms with Crippen LogP contribution in [0.4, 0.5) is 0 Å². The molecule has 0 aromatic carbocycles. The number of rotatable bonds is 9. The van der Waals surface area contributed by atoms with Crippen molar-refractivity contribution in [3.63, 3.8) is 0 Å². The van der Waals surface area contributed by atoms with E-state index in [1.54, 1.807) is 4.57 Å². The van der Waals surface area contributed by atoms with Gasteiger partial charge in [0.15, 0.2) is 0 Å². The molecule has 1 rings (SSSR count). The van der Waals surface area contributed by atoms with Crippen LogP contribution in [0.15, 0.2) is 10.2 Å². The van der Waals surface area contributed by atoms with Gasteiger partial charge in [0.25, 0.3) is 0 Å². The van der Waals surface area contributed by atoms with E-state index in [2.05, 4.69) is 5.32 Å². The number of aromatic nitrogens is 1. The Balaban J connectivity index is 2.12. The van der Waals surface area contributed by atoms with Crippen LogP contribution in [0.5, 0.6) is 0 Å². The van der Waals surface area contributed by atoms with Crippen molar-refractivity contribution in [2.24, 2.45) is 0 Å². The number of carboxylic acid groups (broad SMARTS) is 1. The number of hydrogen-bond acceptors (Lipinski definition) is 4. The molecule has 1 aromatic heterocycles. The first-order chi connectivity index (χ1) is 9.50. The lowest BCUT2D eigenvalue weighted by Gasteiger charge is -2.06. The predicted molar refractivity (Wildman–Crippen MR) is 77.0 cm³/mol. The lowest BCUT2D eigenvalue weighted by molar-refractivity contribution is -0.137. The van der Waals surface area contributed by atoms with Crippen molar-refractivity contribution in [1.82, 2.24) is 9.88 Å². The number of unbranched alkanes of at least 4 members (excludes halogenated alkanes) is 1. The Morgan fingerprint density at radius 3 is 2.65 bits per heavy atom. The van der Waals surface area contributed by atoms with Gasteiger partial charge in [-0.15, -0.1) is 0 Å². The van der Waals surface area contributed by atoms with Crippen LogP contribution in [0, 0.1) is 6.92 Å². The molecule has 2 N–H and O–H groups in total. The second-order valence-electron chi connectivity index (χ2n) is 4.60. The molecule has 0 aliphatic rings. The number of amides is 1. The molecule has 1 heterocycles. The molecule has 0 atom stereocenters. The van der Waals surface area contributed by atoms with E-state index >= 15 is 0 Å². The number of thiazole rings is 1. The van der Waals surface area contributed by atoms with E-state index in [-0.39, 0.29) is 17.2 Å². The van der Waals surface area contributed by atoms with Gasteiger partial charge in [0, 0.05) is 37.0 Å². The van der Waals surface area contributed by atoms with E-state index in [1.807, 2.05) is 12.3 Å². The summed E-state index contributed by atoms with van der Waals surface area (Å²) < 4.78 is 1.67. The van der Waals surface area contributed by atoms with Crippen LogP contribution in [-0.4, -0.2) is 28.1 Å². The average molecular weight is 300 g/mol. The minimum atomic E-state index is -0.812. The fourth-order valence-electron chi connectivity index (χ4n) is 1.79. The van der Waals surface area contributed by atoms with E-state index in [0.717, 1.165) is 5.69 Å². The Morgan fingerprint density at radius 2 is 2.05 bits per heavy atom. The summed E-state index contributed by atoms with van der Waals surface area (Å²) >= 11 is 1.17. The summed E-state index contributed by atoms with van der Waals surface area (Å²) in [4.78, 5) is 33.3. The van der Waals surface area contributed by atoms with Crippen molar-refractivity contribution in [1.29, 1.82) is 0 Å². The second kappa shape index (κ2) is 8.52. The van der Waals surface area contributed by atoms with Gasteiger partial charge in [-0.25, -0.2) is 0 Å². The van der Waals surface area contributed by atoms with Gasteiger partial charge in [-0.2, -0.15) is 0 Å². The van der Waals surface area contributed by atoms with Crippen molar-refractivity contribution in [3.8, 4) is 0 Å². The molecular weight excluding hydrogens is 280 g/mol. The molecule has 0 spiro atoms. The first-order valence-electron chi connectivity index (χ1n) is 6.64. The maximum absolute atomic E-state index is 11.5. The lowest BCUT2D eigenvalue weighted by atomic mass is 10.2. The van der Waals surface area contributed by atoms with Crippen molar-refractivity contribution in [3.05, 3.63) is 20.7 Å². The topological polar surface area (TPSA) is 88.4 Å². The molecule has 112 valence electrons. The Kier molecular flexibility index (Phi) is 7.00. The van der Waals surface area contributed by atoms with Crippen molar-refractivity contribution >= 4 is 23.2 Å². The lowest BCUT2D eigenvalue weighted by Crippen LogP contribution is -2.25. The molecule has 6 nitrogen and oxygen atoms in total. The third-order valence-electron chi connectivity index (χ3n) is 2.90. The van der Waals surface area contributed by atoms with Crippen molar-refractivity contribution in [2.75, 3.05) is 6.54 Å². The molecule has 0 unspecified atom stereocenters. The normalized spacial score (nSPS) is 10.4. The zero-order chi connectivity index (χ0) is 15.0. The van der Waals surface area contributed by atoms with Gasteiger partial charge in [-0.3, -0.25) is 14.4 Å². The molecule has 0 bridgehead atoms. The van der Waals surface area contributed by atoms with E-state index in [9.17, 15) is 14.4 Å². The Bertz CT molecular complexity index is 507. The second-order valence-corrected chi connectivity index (χ2v) is 5.42. The number of carboxylic acids is 1. The monoisotopic (exact) mass is 300 g/mol. The van der Waals surface area contributed by atoms with Crippen LogP contribution < -0.4 is 10.2 Å². The fourth-order valence-corrected chi connectivity index (χ4v) is 2.55. The third-order valence-corrected chi connectivity index (χ3v) is 3.78. The van der Waals surface area contributed by atoms with Gasteiger partial charge >= 0.3 is 10.8 Å². The van der Waals surface area contributed by atoms with Crippen LogP contribution >= 0.6 is 11.3 Å². The highest BCUT2D eigenvalue weighted by Crippen LogP contribution is 2.02. The zero-order valence-corrected chi connectivity index (χ0v) is 12.4. The summed E-state index contributed by atoms with van der Waals surface area (Å²) in [6.07, 6.45) is 2.37. The quantitative estimate of drug-likeness (QED) is 0.674. The number of nitrogens with zero attached hydrogens (tertiary/aromatic N) is 1. The Morgan fingerprint density at radius 1 is 1.30 bits per heavy atom. The van der Waals surface area contributed by atoms with Crippen molar-refractivity contribution in [2.45, 2.75) is 45.6 Å². The molecule has 0 saturated heterocycles. The molecule has 1 amide bonds. The molecule has 7 heteroatoms. The number of hydrogen-bond donors (Lipinski definition) is 2. The highest BCUT2D eigenvalue weighted by molar-refractivity contribution is 7.07. The summed E-state index contributed by atoms with van der Waals surface area (Å²) in [5, 5.41) is 13.0. The highest BCUT2D eigenvalue weighted by atomic mass is 32.1. The Hall–Kier alpha value is -1.63. The number of carbonyl (C=O) groups excluding carboxylic acids is 1. The van der Waals surface area contributed by atoms with E-state index in [0.29, 0.717) is 38.8 Å². The van der Waals surface area contributed by atoms with E-state index < -0.39 is 5.97 Å². The molecule has 0 aliphatic heterocycles. The maximum Gasteiger partial charge on any atom is 0.307 e. The summed E-state index contributed by atoms with van der Waals surface area (Å²) in [5.74, 6) is -0.867. The molecule has 0 fully saturated rings. The predicted octanol–water partition coefficient (Wildman–Crippen LogP) is 1.37. The van der Waals surface area contributed by atoms with Crippen LogP contribution in [0.1, 0.15) is 37.8 Å². The van der Waals surface area contributed by atoms with E-state index in [1.165, 1.54) is 11.3 Å². The van der Waals surface area contributed by atoms with Crippen LogP contribution in [-0.2, 0) is 16.1 Å². The highest BCUT2D eigenvalue weighted by Gasteiger charge is 2.05. The van der Waals surface area contributed by atoms with Crippen molar-refractivity contribution < 1.29 is 14.7 Å². The maximum atomic E-state index is 11.5. The van der Waals surface area contributed by atoms with Crippen LogP contribution in [0.3, 0.4) is 0 Å². The summed E-state index contributed by atoms with van der Waals surface area (Å²) in [7, 11) is 0. The minimum absolute atomic E-state index is 0.0107. The minimum Gasteiger partial charge on any atom is -0.481 e. The number of aryl methyl sites for hydroxylation is 1. The Labute approximate surface area is 121 Å². The molecule has 20 heavy (non-hydrogen) atoms. The molecule has 0 aliphatic carbocycles. The molecule has 0 radical (unpaired) electrons. The first kappa shape index (κ1) is 16.4. The van der Waals surface area contributed by atoms with Gasteiger partial charge in [0.2, 0.25) is 5.91 Å². The van der Waals surface area contributed by atoms with E-state index in [4.69, 9.17) is 5.11 Å². The molecule has 1 aromatic rings. The average Bonchev–Trinajstić information content (AvgIpc) is 2.69. The number of nitrogens with one attached hydrogen (secondary N) is 1. The van der Waals surface area contributed by atoms with Crippen LogP contribution in [0.2, 0.25) is 0 Å². The summed E-state index contributed by atoms with van der Waals surface area (Å²) in [5.41, 5.74) is 0.925. The van der Waals surface area contributed by atoms with Gasteiger partial charge in [-0.1, -0.05) is 11.3 Å². The number of aliphatic carboxylic acids is 1. The largest absolute Gasteiger partial charge is 0.481 e. The zero-order valence-electron chi connectivity index (χ0n) is 11.6. The van der Waals surface area contributed by atoms with Gasteiger partial charge in [-0.05, 0) is 26.2 Å². The van der Waals surface area contributed by atoms with Gasteiger partial charge in [0.1, 0.15) is 0 Å². The number of carbonyl (C=O) groups is 2. The van der Waals surface area contributed by atoms with Gasteiger partial charge in [0.05, 0.1) is 0 Å². The standard InChI is InChI=1S/C13H20N2O4S/c1-10-9-20-13(19)15(10)8-4-5-11(16)14-7-3-2-6-12(17)18/h9H,2-8H2,1H3,(H,14,16)(H,17,18). The molecule has 0 saturated carbocycles. The van der Waals surface area contributed by atoms with Gasteiger partial charge < -0.3 is 15.0 Å². The summed E-state index contributed by atoms with van der Waals surface area (Å²) in [6.45, 7) is 2.94. The van der Waals surface area contributed by atoms with Crippen LogP contribution in [0.25, 0.3) is 0 Å². The first-order valence-corrected chi connectivity index (χ1v) is 7.52. The fraction of sp³-hybridized carbons (Fsp3) is 0.615. The smallest absolute Gasteiger partial charge is 0.307 e. The summed E-state index contributed by atoms with van der Waals surface area (Å²) in [6, 6.07) is 0.